The molecule has 1 aliphatic carbocycles. The van der Waals surface area contributed by atoms with Crippen molar-refractivity contribution in [2.45, 2.75) is 56.5 Å². The number of hydrogen-bond acceptors (Lipinski definition) is 7. The van der Waals surface area contributed by atoms with Crippen LogP contribution in [0.25, 0.3) is 5.69 Å². The molecule has 1 saturated carbocycles. The molecule has 2 aliphatic heterocycles. The Bertz CT molecular complexity index is 1220. The number of carbonyl (C=O) groups excluding carboxylic acids is 2. The minimum Gasteiger partial charge on any atom is -0.338 e. The summed E-state index contributed by atoms with van der Waals surface area (Å²) in [5, 5.41) is 2.71. The Hall–Kier alpha value is -2.99. The Labute approximate surface area is 241 Å². The molecule has 1 unspecified atom stereocenters. The Morgan fingerprint density at radius 1 is 0.950 bits per heavy atom. The SMILES string of the molecule is Cl.NC1CCCN(CCc2ccc(-n3ccc(NC(=O)N4CCN(C(=O)C5(N)CCC5)CC4)nc3=O)cc2)CC1. The number of nitrogens with two attached hydrogens (primary N) is 2. The van der Waals surface area contributed by atoms with Crippen LogP contribution in [0.1, 0.15) is 44.1 Å². The molecule has 3 aliphatic rings. The predicted molar refractivity (Wildman–Crippen MR) is 157 cm³/mol. The molecule has 2 aromatic rings. The van der Waals surface area contributed by atoms with E-state index in [0.717, 1.165) is 70.3 Å². The lowest BCUT2D eigenvalue weighted by Gasteiger charge is -2.43. The van der Waals surface area contributed by atoms with Gasteiger partial charge in [0.25, 0.3) is 0 Å². The summed E-state index contributed by atoms with van der Waals surface area (Å²) in [7, 11) is 0. The maximum absolute atomic E-state index is 12.8. The first kappa shape index (κ1) is 30.0. The molecule has 3 amide bonds. The molecule has 11 nitrogen and oxygen atoms in total. The second-order valence-electron chi connectivity index (χ2n) is 11.1. The van der Waals surface area contributed by atoms with Gasteiger partial charge < -0.3 is 26.2 Å². The van der Waals surface area contributed by atoms with Gasteiger partial charge in [-0.15, -0.1) is 12.4 Å². The molecule has 0 radical (unpaired) electrons. The van der Waals surface area contributed by atoms with Crippen molar-refractivity contribution in [1.29, 1.82) is 0 Å². The molecule has 0 spiro atoms. The third-order valence-corrected chi connectivity index (χ3v) is 8.36. The summed E-state index contributed by atoms with van der Waals surface area (Å²) in [6, 6.07) is 9.53. The van der Waals surface area contributed by atoms with Gasteiger partial charge in [-0.2, -0.15) is 4.98 Å². The molecule has 5 N–H and O–H groups in total. The second kappa shape index (κ2) is 13.1. The van der Waals surface area contributed by atoms with E-state index in [1.54, 1.807) is 22.1 Å². The van der Waals surface area contributed by atoms with Gasteiger partial charge in [0.05, 0.1) is 11.2 Å². The summed E-state index contributed by atoms with van der Waals surface area (Å²) >= 11 is 0. The summed E-state index contributed by atoms with van der Waals surface area (Å²) in [5.74, 6) is 0.179. The normalized spacial score (nSPS) is 21.1. The van der Waals surface area contributed by atoms with Gasteiger partial charge in [-0.25, -0.2) is 9.59 Å². The highest BCUT2D eigenvalue weighted by atomic mass is 35.5. The quantitative estimate of drug-likeness (QED) is 0.477. The Morgan fingerprint density at radius 3 is 2.30 bits per heavy atom. The number of nitrogens with zero attached hydrogens (tertiary/aromatic N) is 5. The number of aromatic nitrogens is 2. The fraction of sp³-hybridized carbons (Fsp3) is 0.571. The van der Waals surface area contributed by atoms with Crippen LogP contribution in [0.5, 0.6) is 0 Å². The zero-order chi connectivity index (χ0) is 27.4. The molecule has 2 saturated heterocycles. The van der Waals surface area contributed by atoms with Crippen LogP contribution in [-0.2, 0) is 11.2 Å². The topological polar surface area (TPSA) is 143 Å². The van der Waals surface area contributed by atoms with Crippen molar-refractivity contribution >= 4 is 30.2 Å². The maximum atomic E-state index is 12.8. The summed E-state index contributed by atoms with van der Waals surface area (Å²) in [6.07, 6.45) is 8.31. The lowest BCUT2D eigenvalue weighted by molar-refractivity contribution is -0.141. The molecular weight excluding hydrogens is 532 g/mol. The molecule has 1 aromatic heterocycles. The average Bonchev–Trinajstić information content (AvgIpc) is 3.14. The van der Waals surface area contributed by atoms with Gasteiger partial charge in [0.15, 0.2) is 0 Å². The third kappa shape index (κ3) is 7.01. The largest absolute Gasteiger partial charge is 0.354 e. The molecule has 40 heavy (non-hydrogen) atoms. The van der Waals surface area contributed by atoms with Crippen molar-refractivity contribution in [3.05, 3.63) is 52.6 Å². The van der Waals surface area contributed by atoms with Gasteiger partial charge in [-0.05, 0) is 81.8 Å². The van der Waals surface area contributed by atoms with E-state index in [9.17, 15) is 14.4 Å². The smallest absolute Gasteiger partial charge is 0.338 e. The van der Waals surface area contributed by atoms with Crippen LogP contribution in [0.15, 0.2) is 41.3 Å². The van der Waals surface area contributed by atoms with E-state index in [-0.39, 0.29) is 30.2 Å². The van der Waals surface area contributed by atoms with Crippen molar-refractivity contribution in [2.24, 2.45) is 11.5 Å². The first-order chi connectivity index (χ1) is 18.8. The predicted octanol–water partition coefficient (Wildman–Crippen LogP) is 1.57. The molecule has 1 atom stereocenters. The van der Waals surface area contributed by atoms with Gasteiger partial charge >= 0.3 is 11.7 Å². The summed E-state index contributed by atoms with van der Waals surface area (Å²) < 4.78 is 1.46. The van der Waals surface area contributed by atoms with Gasteiger partial charge in [0, 0.05) is 45.0 Å². The fourth-order valence-corrected chi connectivity index (χ4v) is 5.57. The third-order valence-electron chi connectivity index (χ3n) is 8.36. The van der Waals surface area contributed by atoms with Crippen LogP contribution in [0, 0.1) is 0 Å². The molecule has 3 heterocycles. The zero-order valence-corrected chi connectivity index (χ0v) is 23.8. The molecule has 0 bridgehead atoms. The minimum absolute atomic E-state index is 0. The number of hydrogen-bond donors (Lipinski definition) is 3. The highest BCUT2D eigenvalue weighted by Crippen LogP contribution is 2.31. The van der Waals surface area contributed by atoms with Gasteiger partial charge in [-0.1, -0.05) is 12.1 Å². The molecule has 12 heteroatoms. The van der Waals surface area contributed by atoms with Crippen molar-refractivity contribution in [1.82, 2.24) is 24.3 Å². The van der Waals surface area contributed by atoms with Crippen LogP contribution in [0.2, 0.25) is 0 Å². The van der Waals surface area contributed by atoms with Crippen LogP contribution < -0.4 is 22.5 Å². The maximum Gasteiger partial charge on any atom is 0.354 e. The van der Waals surface area contributed by atoms with Crippen LogP contribution in [0.4, 0.5) is 10.6 Å². The molecular formula is C28H41ClN8O3. The number of amides is 3. The summed E-state index contributed by atoms with van der Waals surface area (Å²) in [6.45, 7) is 4.85. The van der Waals surface area contributed by atoms with Gasteiger partial charge in [0.2, 0.25) is 5.91 Å². The number of carbonyl (C=O) groups is 2. The number of anilines is 1. The Kier molecular flexibility index (Phi) is 9.83. The van der Waals surface area contributed by atoms with Crippen LogP contribution in [-0.4, -0.2) is 93.6 Å². The van der Waals surface area contributed by atoms with Crippen molar-refractivity contribution in [2.75, 3.05) is 51.1 Å². The Morgan fingerprint density at radius 2 is 1.65 bits per heavy atom. The second-order valence-corrected chi connectivity index (χ2v) is 11.1. The molecule has 5 rings (SSSR count). The number of rotatable bonds is 6. The van der Waals surface area contributed by atoms with E-state index in [1.807, 2.05) is 24.3 Å². The van der Waals surface area contributed by atoms with Crippen molar-refractivity contribution in [3.63, 3.8) is 0 Å². The van der Waals surface area contributed by atoms with Crippen molar-refractivity contribution in [3.8, 4) is 5.69 Å². The lowest BCUT2D eigenvalue weighted by Crippen LogP contribution is -2.63. The van der Waals surface area contributed by atoms with E-state index >= 15 is 0 Å². The fourth-order valence-electron chi connectivity index (χ4n) is 5.57. The van der Waals surface area contributed by atoms with Gasteiger partial charge in [0.1, 0.15) is 5.82 Å². The molecule has 3 fully saturated rings. The van der Waals surface area contributed by atoms with E-state index in [2.05, 4.69) is 15.2 Å². The van der Waals surface area contributed by atoms with E-state index < -0.39 is 11.2 Å². The monoisotopic (exact) mass is 572 g/mol. The first-order valence-electron chi connectivity index (χ1n) is 14.1. The summed E-state index contributed by atoms with van der Waals surface area (Å²) in [5.41, 5.74) is 13.0. The number of piperazine rings is 1. The highest BCUT2D eigenvalue weighted by Gasteiger charge is 2.43. The highest BCUT2D eigenvalue weighted by molar-refractivity contribution is 5.89. The number of halogens is 1. The first-order valence-corrected chi connectivity index (χ1v) is 14.1. The zero-order valence-electron chi connectivity index (χ0n) is 23.0. The average molecular weight is 573 g/mol. The standard InChI is InChI=1S/C28H40N8O3.ClH/c29-22-3-1-13-33(15-9-22)14-8-21-4-6-23(7-5-21)36-16-10-24(32-27(36)39)31-26(38)35-19-17-34(18-20-35)25(37)28(30)11-2-12-28;/h4-7,10,16,22H,1-3,8-9,11-15,17-20,29-30H2,(H,31,32,38,39);1H. The van der Waals surface area contributed by atoms with Gasteiger partial charge in [-0.3, -0.25) is 14.7 Å². The number of benzene rings is 1. The molecule has 1 aromatic carbocycles. The van der Waals surface area contributed by atoms with E-state index in [4.69, 9.17) is 11.5 Å². The van der Waals surface area contributed by atoms with Crippen LogP contribution >= 0.6 is 12.4 Å². The molecule has 218 valence electrons. The number of nitrogens with one attached hydrogen (secondary N) is 1. The Balaban J connectivity index is 0.00000370. The van der Waals surface area contributed by atoms with E-state index in [1.165, 1.54) is 10.1 Å². The van der Waals surface area contributed by atoms with E-state index in [0.29, 0.717) is 32.2 Å². The van der Waals surface area contributed by atoms with Crippen LogP contribution in [0.3, 0.4) is 0 Å². The number of likely N-dealkylation sites (tertiary alicyclic amines) is 1. The lowest BCUT2D eigenvalue weighted by atomic mass is 9.76. The van der Waals surface area contributed by atoms with Crippen molar-refractivity contribution < 1.29 is 9.59 Å². The number of urea groups is 1. The summed E-state index contributed by atoms with van der Waals surface area (Å²) in [4.78, 5) is 48.0. The minimum atomic E-state index is -0.722.